The average Bonchev–Trinajstić information content (AvgIpc) is 2.63. The van der Waals surface area contributed by atoms with Crippen LogP contribution in [0, 0.1) is 15.5 Å². The van der Waals surface area contributed by atoms with Gasteiger partial charge in [-0.2, -0.15) is 0 Å². The van der Waals surface area contributed by atoms with E-state index in [0.29, 0.717) is 24.2 Å². The summed E-state index contributed by atoms with van der Waals surface area (Å²) in [5.74, 6) is 0.199. The van der Waals surface area contributed by atoms with Gasteiger partial charge in [0.15, 0.2) is 0 Å². The van der Waals surface area contributed by atoms with Gasteiger partial charge in [0.05, 0.1) is 11.5 Å². The highest BCUT2D eigenvalue weighted by molar-refractivity contribution is 6.01. The molecule has 1 spiro atoms. The van der Waals surface area contributed by atoms with Crippen LogP contribution in [0.3, 0.4) is 0 Å². The molecule has 2 aliphatic rings. The number of hydrogen-bond acceptors (Lipinski definition) is 5. The Kier molecular flexibility index (Phi) is 2.32. The molecule has 7 nitrogen and oxygen atoms in total. The number of nitrogens with one attached hydrogen (secondary N) is 2. The van der Waals surface area contributed by atoms with Gasteiger partial charge in [0, 0.05) is 29.7 Å². The second-order valence-electron chi connectivity index (χ2n) is 4.32. The minimum absolute atomic E-state index is 0.0150. The second kappa shape index (κ2) is 3.76. The predicted molar refractivity (Wildman–Crippen MR) is 61.0 cm³/mol. The van der Waals surface area contributed by atoms with E-state index in [0.717, 1.165) is 6.42 Å². The predicted octanol–water partition coefficient (Wildman–Crippen LogP) is 1.42. The number of amidine groups is 1. The SMILES string of the molecule is N=C1NC2(CCCOO2)c2cc([N+](=O)[O-])ccc21. The highest BCUT2D eigenvalue weighted by Crippen LogP contribution is 2.39. The van der Waals surface area contributed by atoms with Crippen molar-refractivity contribution in [1.82, 2.24) is 5.32 Å². The van der Waals surface area contributed by atoms with Gasteiger partial charge in [0.25, 0.3) is 5.69 Å². The fourth-order valence-electron chi connectivity index (χ4n) is 2.36. The van der Waals surface area contributed by atoms with Crippen LogP contribution in [-0.2, 0) is 15.5 Å². The molecule has 2 heterocycles. The number of rotatable bonds is 1. The van der Waals surface area contributed by atoms with E-state index in [9.17, 15) is 10.1 Å². The van der Waals surface area contributed by atoms with Gasteiger partial charge in [-0.25, -0.2) is 9.78 Å². The third-order valence-electron chi connectivity index (χ3n) is 3.20. The van der Waals surface area contributed by atoms with E-state index in [-0.39, 0.29) is 11.5 Å². The van der Waals surface area contributed by atoms with Crippen LogP contribution in [0.1, 0.15) is 24.0 Å². The molecular weight excluding hydrogens is 238 g/mol. The highest BCUT2D eigenvalue weighted by atomic mass is 17.2. The molecule has 2 aliphatic heterocycles. The summed E-state index contributed by atoms with van der Waals surface area (Å²) in [6.07, 6.45) is 1.38. The summed E-state index contributed by atoms with van der Waals surface area (Å²) in [6.45, 7) is 0.487. The van der Waals surface area contributed by atoms with Crippen molar-refractivity contribution in [3.63, 3.8) is 0 Å². The molecular formula is C11H11N3O4. The highest BCUT2D eigenvalue weighted by Gasteiger charge is 2.45. The topological polar surface area (TPSA) is 97.5 Å². The maximum atomic E-state index is 10.8. The van der Waals surface area contributed by atoms with Crippen molar-refractivity contribution in [2.45, 2.75) is 18.6 Å². The molecule has 1 unspecified atom stereocenters. The van der Waals surface area contributed by atoms with Gasteiger partial charge in [-0.15, -0.1) is 0 Å². The van der Waals surface area contributed by atoms with E-state index in [4.69, 9.17) is 15.2 Å². The molecule has 0 bridgehead atoms. The van der Waals surface area contributed by atoms with Crippen LogP contribution in [0.2, 0.25) is 0 Å². The van der Waals surface area contributed by atoms with Crippen LogP contribution in [0.15, 0.2) is 18.2 Å². The molecule has 18 heavy (non-hydrogen) atoms. The Labute approximate surface area is 102 Å². The zero-order valence-corrected chi connectivity index (χ0v) is 9.43. The molecule has 0 radical (unpaired) electrons. The first-order chi connectivity index (χ1) is 8.62. The van der Waals surface area contributed by atoms with Gasteiger partial charge in [0.1, 0.15) is 5.84 Å². The van der Waals surface area contributed by atoms with E-state index in [1.807, 2.05) is 0 Å². The van der Waals surface area contributed by atoms with Gasteiger partial charge >= 0.3 is 0 Å². The molecule has 2 N–H and O–H groups in total. The van der Waals surface area contributed by atoms with Crippen molar-refractivity contribution in [2.24, 2.45) is 0 Å². The number of fused-ring (bicyclic) bond motifs is 2. The van der Waals surface area contributed by atoms with E-state index in [1.165, 1.54) is 12.1 Å². The van der Waals surface area contributed by atoms with Crippen molar-refractivity contribution in [3.8, 4) is 0 Å². The zero-order valence-electron chi connectivity index (χ0n) is 9.43. The third-order valence-corrected chi connectivity index (χ3v) is 3.20. The first kappa shape index (κ1) is 11.1. The molecule has 94 valence electrons. The van der Waals surface area contributed by atoms with Crippen LogP contribution in [0.25, 0.3) is 0 Å². The van der Waals surface area contributed by atoms with Gasteiger partial charge in [0.2, 0.25) is 5.72 Å². The lowest BCUT2D eigenvalue weighted by Gasteiger charge is -2.32. The van der Waals surface area contributed by atoms with Crippen LogP contribution in [0.5, 0.6) is 0 Å². The van der Waals surface area contributed by atoms with Crippen molar-refractivity contribution >= 4 is 11.5 Å². The molecule has 0 aromatic heterocycles. The average molecular weight is 249 g/mol. The molecule has 1 saturated heterocycles. The summed E-state index contributed by atoms with van der Waals surface area (Å²) < 4.78 is 0. The normalized spacial score (nSPS) is 25.9. The molecule has 3 rings (SSSR count). The summed E-state index contributed by atoms with van der Waals surface area (Å²) in [6, 6.07) is 4.39. The molecule has 1 aromatic carbocycles. The summed E-state index contributed by atoms with van der Waals surface area (Å²) in [5, 5.41) is 21.6. The van der Waals surface area contributed by atoms with Crippen LogP contribution in [-0.4, -0.2) is 17.4 Å². The van der Waals surface area contributed by atoms with Gasteiger partial charge in [-0.05, 0) is 12.5 Å². The first-order valence-electron chi connectivity index (χ1n) is 5.59. The number of nitro groups is 1. The maximum Gasteiger partial charge on any atom is 0.269 e. The maximum absolute atomic E-state index is 10.8. The minimum Gasteiger partial charge on any atom is -0.336 e. The number of non-ortho nitro benzene ring substituents is 1. The van der Waals surface area contributed by atoms with Crippen molar-refractivity contribution < 1.29 is 14.7 Å². The Balaban J connectivity index is 2.12. The van der Waals surface area contributed by atoms with E-state index in [1.54, 1.807) is 6.07 Å². The lowest BCUT2D eigenvalue weighted by Crippen LogP contribution is -2.44. The number of nitro benzene ring substituents is 1. The van der Waals surface area contributed by atoms with Crippen molar-refractivity contribution in [1.29, 1.82) is 5.41 Å². The molecule has 1 atom stereocenters. The van der Waals surface area contributed by atoms with Gasteiger partial charge < -0.3 is 5.32 Å². The van der Waals surface area contributed by atoms with Gasteiger partial charge in [-0.1, -0.05) is 0 Å². The van der Waals surface area contributed by atoms with Crippen LogP contribution in [0.4, 0.5) is 5.69 Å². The van der Waals surface area contributed by atoms with E-state index < -0.39 is 10.6 Å². The summed E-state index contributed by atoms with van der Waals surface area (Å²) >= 11 is 0. The molecule has 1 aromatic rings. The van der Waals surface area contributed by atoms with Crippen molar-refractivity contribution in [2.75, 3.05) is 6.61 Å². The molecule has 0 amide bonds. The molecule has 1 fully saturated rings. The fourth-order valence-corrected chi connectivity index (χ4v) is 2.36. The van der Waals surface area contributed by atoms with Crippen molar-refractivity contribution in [3.05, 3.63) is 39.4 Å². The summed E-state index contributed by atoms with van der Waals surface area (Å²) in [7, 11) is 0. The Morgan fingerprint density at radius 3 is 3.00 bits per heavy atom. The minimum atomic E-state index is -0.948. The first-order valence-corrected chi connectivity index (χ1v) is 5.59. The number of hydrogen-bond donors (Lipinski definition) is 2. The Morgan fingerprint density at radius 2 is 2.33 bits per heavy atom. The monoisotopic (exact) mass is 249 g/mol. The summed E-state index contributed by atoms with van der Waals surface area (Å²) in [4.78, 5) is 20.6. The standard InChI is InChI=1S/C11H11N3O4/c12-10-8-3-2-7(14(15)16)6-9(8)11(13-10)4-1-5-17-18-11/h2-3,6H,1,4-5H2,(H2,12,13). The van der Waals surface area contributed by atoms with Crippen LogP contribution >= 0.6 is 0 Å². The lowest BCUT2D eigenvalue weighted by atomic mass is 9.96. The third kappa shape index (κ3) is 1.48. The second-order valence-corrected chi connectivity index (χ2v) is 4.32. The zero-order chi connectivity index (χ0) is 12.8. The smallest absolute Gasteiger partial charge is 0.269 e. The van der Waals surface area contributed by atoms with E-state index >= 15 is 0 Å². The number of benzene rings is 1. The summed E-state index contributed by atoms with van der Waals surface area (Å²) in [5.41, 5.74) is 0.253. The van der Waals surface area contributed by atoms with E-state index in [2.05, 4.69) is 5.32 Å². The Bertz CT molecular complexity index is 537. The number of nitrogens with zero attached hydrogens (tertiary/aromatic N) is 1. The molecule has 0 saturated carbocycles. The van der Waals surface area contributed by atoms with Crippen LogP contribution < -0.4 is 5.32 Å². The lowest BCUT2D eigenvalue weighted by molar-refractivity contribution is -0.394. The largest absolute Gasteiger partial charge is 0.336 e. The van der Waals surface area contributed by atoms with Gasteiger partial charge in [-0.3, -0.25) is 15.5 Å². The Morgan fingerprint density at radius 1 is 1.50 bits per heavy atom. The molecule has 7 heteroatoms. The molecule has 0 aliphatic carbocycles. The quantitative estimate of drug-likeness (QED) is 0.445. The fraction of sp³-hybridized carbons (Fsp3) is 0.364. The Hall–Kier alpha value is -1.99.